The Kier molecular flexibility index (Phi) is 4.03. The Labute approximate surface area is 112 Å². The zero-order valence-corrected chi connectivity index (χ0v) is 10.7. The maximum Gasteiger partial charge on any atom is 0.150 e. The number of aromatic nitrogens is 1. The monoisotopic (exact) mass is 253 g/mol. The molecule has 2 rings (SSSR count). The molecule has 19 heavy (non-hydrogen) atoms. The van der Waals surface area contributed by atoms with Gasteiger partial charge >= 0.3 is 0 Å². The molecule has 0 unspecified atom stereocenters. The van der Waals surface area contributed by atoms with E-state index in [-0.39, 0.29) is 0 Å². The number of carbonyl (C=O) groups is 1. The highest BCUT2D eigenvalue weighted by Crippen LogP contribution is 2.11. The van der Waals surface area contributed by atoms with E-state index in [1.54, 1.807) is 36.8 Å². The second kappa shape index (κ2) is 5.91. The molecule has 0 aliphatic carbocycles. The quantitative estimate of drug-likeness (QED) is 0.517. The molecule has 1 heterocycles. The van der Waals surface area contributed by atoms with Crippen LogP contribution in [0, 0.1) is 6.92 Å². The lowest BCUT2D eigenvalue weighted by atomic mass is 10.1. The molecule has 2 N–H and O–H groups in total. The number of anilines is 1. The van der Waals surface area contributed by atoms with Crippen LogP contribution in [0.3, 0.4) is 0 Å². The molecule has 0 amide bonds. The summed E-state index contributed by atoms with van der Waals surface area (Å²) in [5.74, 6) is 0. The first-order valence-corrected chi connectivity index (χ1v) is 5.94. The lowest BCUT2D eigenvalue weighted by Crippen LogP contribution is -1.95. The van der Waals surface area contributed by atoms with Gasteiger partial charge in [0.2, 0.25) is 0 Å². The number of aliphatic imine (C=N–C) groups is 1. The molecule has 4 nitrogen and oxygen atoms in total. The summed E-state index contributed by atoms with van der Waals surface area (Å²) in [6, 6.07) is 7.15. The third kappa shape index (κ3) is 3.48. The zero-order chi connectivity index (χ0) is 13.7. The van der Waals surface area contributed by atoms with Gasteiger partial charge in [-0.05, 0) is 36.2 Å². The zero-order valence-electron chi connectivity index (χ0n) is 10.7. The van der Waals surface area contributed by atoms with Crippen molar-refractivity contribution in [1.82, 2.24) is 4.98 Å². The summed E-state index contributed by atoms with van der Waals surface area (Å²) >= 11 is 0. The summed E-state index contributed by atoms with van der Waals surface area (Å²) in [5.41, 5.74) is 9.93. The topological polar surface area (TPSA) is 68.3 Å². The molecule has 0 radical (unpaired) electrons. The fraction of sp³-hybridized carbons (Fsp3) is 0.133. The van der Waals surface area contributed by atoms with Gasteiger partial charge in [0.1, 0.15) is 6.29 Å². The fourth-order valence-corrected chi connectivity index (χ4v) is 1.73. The van der Waals surface area contributed by atoms with Crippen molar-refractivity contribution in [2.75, 3.05) is 5.73 Å². The molecule has 1 aromatic heterocycles. The first-order chi connectivity index (χ1) is 9.19. The van der Waals surface area contributed by atoms with Crippen LogP contribution in [-0.2, 0) is 6.54 Å². The predicted octanol–water partition coefficient (Wildman–Crippen LogP) is 2.40. The molecular formula is C15H15N3O. The smallest absolute Gasteiger partial charge is 0.150 e. The minimum absolute atomic E-state index is 0.541. The number of carbonyl (C=O) groups excluding carboxylic acids is 1. The van der Waals surface area contributed by atoms with Gasteiger partial charge in [-0.1, -0.05) is 6.07 Å². The van der Waals surface area contributed by atoms with Gasteiger partial charge < -0.3 is 5.73 Å². The van der Waals surface area contributed by atoms with E-state index in [4.69, 9.17) is 5.73 Å². The normalized spacial score (nSPS) is 10.8. The van der Waals surface area contributed by atoms with Crippen molar-refractivity contribution >= 4 is 18.2 Å². The predicted molar refractivity (Wildman–Crippen MR) is 76.5 cm³/mol. The summed E-state index contributed by atoms with van der Waals surface area (Å²) in [5, 5.41) is 0. The Morgan fingerprint density at radius 2 is 2.16 bits per heavy atom. The third-order valence-corrected chi connectivity index (χ3v) is 2.68. The molecule has 0 spiro atoms. The average molecular weight is 253 g/mol. The number of nitrogens with zero attached hydrogens (tertiary/aromatic N) is 2. The molecule has 0 bridgehead atoms. The first-order valence-electron chi connectivity index (χ1n) is 5.94. The molecule has 0 fully saturated rings. The van der Waals surface area contributed by atoms with Gasteiger partial charge in [-0.3, -0.25) is 14.8 Å². The Bertz CT molecular complexity index is 621. The Balaban J connectivity index is 2.12. The van der Waals surface area contributed by atoms with Crippen LogP contribution in [-0.4, -0.2) is 17.5 Å². The van der Waals surface area contributed by atoms with Crippen molar-refractivity contribution < 1.29 is 4.79 Å². The Hall–Kier alpha value is -2.49. The van der Waals surface area contributed by atoms with Gasteiger partial charge in [0.25, 0.3) is 0 Å². The van der Waals surface area contributed by atoms with Crippen molar-refractivity contribution in [2.45, 2.75) is 13.5 Å². The van der Waals surface area contributed by atoms with Crippen LogP contribution in [0.25, 0.3) is 0 Å². The van der Waals surface area contributed by atoms with Crippen LogP contribution < -0.4 is 5.73 Å². The fourth-order valence-electron chi connectivity index (χ4n) is 1.73. The van der Waals surface area contributed by atoms with E-state index < -0.39 is 0 Å². The maximum atomic E-state index is 10.7. The van der Waals surface area contributed by atoms with Crippen LogP contribution in [0.2, 0.25) is 0 Å². The van der Waals surface area contributed by atoms with Crippen molar-refractivity contribution in [3.05, 3.63) is 58.9 Å². The number of rotatable bonds is 4. The summed E-state index contributed by atoms with van der Waals surface area (Å²) in [6.07, 6.45) is 6.07. The molecule has 1 aromatic carbocycles. The summed E-state index contributed by atoms with van der Waals surface area (Å²) in [7, 11) is 0. The highest BCUT2D eigenvalue weighted by molar-refractivity contribution is 5.90. The number of benzene rings is 1. The van der Waals surface area contributed by atoms with Crippen LogP contribution in [0.15, 0.2) is 41.7 Å². The van der Waals surface area contributed by atoms with E-state index in [0.29, 0.717) is 17.8 Å². The van der Waals surface area contributed by atoms with Crippen molar-refractivity contribution in [3.8, 4) is 0 Å². The van der Waals surface area contributed by atoms with Gasteiger partial charge in [0.05, 0.1) is 6.54 Å². The van der Waals surface area contributed by atoms with Gasteiger partial charge in [-0.25, -0.2) is 0 Å². The van der Waals surface area contributed by atoms with E-state index in [1.165, 1.54) is 0 Å². The SMILES string of the molecule is Cc1cncc(CN=Cc2cc(C=O)ccc2N)c1. The number of aryl methyl sites for hydroxylation is 1. The molecule has 96 valence electrons. The summed E-state index contributed by atoms with van der Waals surface area (Å²) < 4.78 is 0. The molecule has 0 aliphatic rings. The Morgan fingerprint density at radius 1 is 1.32 bits per heavy atom. The van der Waals surface area contributed by atoms with E-state index in [0.717, 1.165) is 23.0 Å². The van der Waals surface area contributed by atoms with Gasteiger partial charge in [-0.2, -0.15) is 0 Å². The lowest BCUT2D eigenvalue weighted by molar-refractivity contribution is 0.112. The minimum atomic E-state index is 0.541. The van der Waals surface area contributed by atoms with Crippen molar-refractivity contribution in [1.29, 1.82) is 0 Å². The number of hydrogen-bond acceptors (Lipinski definition) is 4. The van der Waals surface area contributed by atoms with Crippen LogP contribution in [0.4, 0.5) is 5.69 Å². The van der Waals surface area contributed by atoms with Crippen molar-refractivity contribution in [2.24, 2.45) is 4.99 Å². The highest BCUT2D eigenvalue weighted by Gasteiger charge is 1.98. The standard InChI is InChI=1S/C15H15N3O/c1-11-4-13(7-17-6-11)8-18-9-14-5-12(10-19)2-3-15(14)16/h2-7,9-10H,8,16H2,1H3. The maximum absolute atomic E-state index is 10.7. The van der Waals surface area contributed by atoms with Gasteiger partial charge in [-0.15, -0.1) is 0 Å². The third-order valence-electron chi connectivity index (χ3n) is 2.68. The van der Waals surface area contributed by atoms with Gasteiger partial charge in [0.15, 0.2) is 0 Å². The molecule has 0 aliphatic heterocycles. The first kappa shape index (κ1) is 13.0. The summed E-state index contributed by atoms with van der Waals surface area (Å²) in [6.45, 7) is 2.53. The average Bonchev–Trinajstić information content (AvgIpc) is 2.41. The molecule has 0 saturated heterocycles. The van der Waals surface area contributed by atoms with Crippen LogP contribution in [0.1, 0.15) is 27.0 Å². The van der Waals surface area contributed by atoms with Gasteiger partial charge in [0, 0.05) is 35.4 Å². The number of aldehydes is 1. The Morgan fingerprint density at radius 3 is 2.89 bits per heavy atom. The van der Waals surface area contributed by atoms with Crippen LogP contribution in [0.5, 0.6) is 0 Å². The number of hydrogen-bond donors (Lipinski definition) is 1. The van der Waals surface area contributed by atoms with Crippen molar-refractivity contribution in [3.63, 3.8) is 0 Å². The highest BCUT2D eigenvalue weighted by atomic mass is 16.1. The largest absolute Gasteiger partial charge is 0.398 e. The number of pyridine rings is 1. The molecular weight excluding hydrogens is 238 g/mol. The van der Waals surface area contributed by atoms with E-state index >= 15 is 0 Å². The van der Waals surface area contributed by atoms with E-state index in [1.807, 2.05) is 13.0 Å². The van der Waals surface area contributed by atoms with E-state index in [2.05, 4.69) is 9.98 Å². The molecule has 0 saturated carbocycles. The lowest BCUT2D eigenvalue weighted by Gasteiger charge is -2.01. The molecule has 0 atom stereocenters. The van der Waals surface area contributed by atoms with Crippen LogP contribution >= 0.6 is 0 Å². The number of nitrogen functional groups attached to an aromatic ring is 1. The molecule has 4 heteroatoms. The number of nitrogens with two attached hydrogens (primary N) is 1. The molecule has 2 aromatic rings. The second-order valence-electron chi connectivity index (χ2n) is 4.35. The second-order valence-corrected chi connectivity index (χ2v) is 4.35. The minimum Gasteiger partial charge on any atom is -0.398 e. The summed E-state index contributed by atoms with van der Waals surface area (Å²) in [4.78, 5) is 19.1. The van der Waals surface area contributed by atoms with E-state index in [9.17, 15) is 4.79 Å².